The van der Waals surface area contributed by atoms with E-state index in [1.165, 1.54) is 65.3 Å². The monoisotopic (exact) mass is 637 g/mol. The van der Waals surface area contributed by atoms with E-state index in [1.54, 1.807) is 0 Å². The lowest BCUT2D eigenvalue weighted by Gasteiger charge is -2.35. The van der Waals surface area contributed by atoms with Crippen LogP contribution in [-0.4, -0.2) is 14.5 Å². The van der Waals surface area contributed by atoms with Crippen molar-refractivity contribution in [3.8, 4) is 28.3 Å². The summed E-state index contributed by atoms with van der Waals surface area (Å²) in [6.45, 7) is 4.72. The smallest absolute Gasteiger partial charge is 0.235 e. The zero-order valence-electron chi connectivity index (χ0n) is 27.8. The van der Waals surface area contributed by atoms with Gasteiger partial charge in [-0.2, -0.15) is 0 Å². The van der Waals surface area contributed by atoms with Gasteiger partial charge in [-0.25, -0.2) is 9.97 Å². The molecule has 0 aliphatic heterocycles. The van der Waals surface area contributed by atoms with Crippen molar-refractivity contribution >= 4 is 65.0 Å². The standard InChI is InChI=1S/C47H31N3/c1-47(2)38-19-9-7-17-35(38)42-41-31(15-11-20-39(41)47)27-37-34-25-24-29-13-5-6-16-33(29)44(34)50(45(37)42)46-48-40-21-10-8-18-36(40)43(49-46)32-23-22-28-12-3-4-14-30(28)26-32/h3-27H,1-2H3. The Morgan fingerprint density at radius 2 is 1.18 bits per heavy atom. The second kappa shape index (κ2) is 9.87. The Bertz CT molecular complexity index is 3070. The highest BCUT2D eigenvalue weighted by molar-refractivity contribution is 6.26. The van der Waals surface area contributed by atoms with Crippen LogP contribution < -0.4 is 0 Å². The third kappa shape index (κ3) is 3.64. The van der Waals surface area contributed by atoms with Gasteiger partial charge >= 0.3 is 0 Å². The molecule has 3 heteroatoms. The van der Waals surface area contributed by atoms with Crippen LogP contribution in [0.15, 0.2) is 152 Å². The van der Waals surface area contributed by atoms with Crippen molar-refractivity contribution in [2.75, 3.05) is 0 Å². The summed E-state index contributed by atoms with van der Waals surface area (Å²) in [4.78, 5) is 11.0. The van der Waals surface area contributed by atoms with E-state index in [9.17, 15) is 0 Å². The van der Waals surface area contributed by atoms with E-state index in [4.69, 9.17) is 9.97 Å². The maximum absolute atomic E-state index is 5.56. The van der Waals surface area contributed by atoms with Crippen LogP contribution in [0.1, 0.15) is 25.0 Å². The Hall–Kier alpha value is -6.32. The van der Waals surface area contributed by atoms with Crippen LogP contribution in [0.25, 0.3) is 93.4 Å². The maximum Gasteiger partial charge on any atom is 0.235 e. The predicted octanol–water partition coefficient (Wildman–Crippen LogP) is 12.2. The van der Waals surface area contributed by atoms with Gasteiger partial charge in [-0.1, -0.05) is 147 Å². The van der Waals surface area contributed by atoms with E-state index in [0.717, 1.165) is 33.2 Å². The van der Waals surface area contributed by atoms with Gasteiger partial charge in [-0.05, 0) is 61.8 Å². The molecule has 0 amide bonds. The van der Waals surface area contributed by atoms with Crippen LogP contribution >= 0.6 is 0 Å². The molecule has 0 saturated heterocycles. The minimum absolute atomic E-state index is 0.150. The SMILES string of the molecule is CC1(C)c2ccccc2-c2c3c1cccc3cc1c3ccc4ccccc4c3n(-c3nc(-c4ccc5ccccc5c4)c4ccccc4n3)c21. The zero-order chi connectivity index (χ0) is 33.1. The highest BCUT2D eigenvalue weighted by Crippen LogP contribution is 2.53. The highest BCUT2D eigenvalue weighted by Gasteiger charge is 2.35. The van der Waals surface area contributed by atoms with Gasteiger partial charge in [0.05, 0.1) is 22.2 Å². The van der Waals surface area contributed by atoms with Crippen molar-refractivity contribution in [3.63, 3.8) is 0 Å². The fraction of sp³-hybridized carbons (Fsp3) is 0.0638. The van der Waals surface area contributed by atoms with Gasteiger partial charge < -0.3 is 0 Å². The van der Waals surface area contributed by atoms with Gasteiger partial charge in [0.2, 0.25) is 5.95 Å². The zero-order valence-corrected chi connectivity index (χ0v) is 27.8. The lowest BCUT2D eigenvalue weighted by molar-refractivity contribution is 0.645. The van der Waals surface area contributed by atoms with Crippen molar-refractivity contribution in [1.82, 2.24) is 14.5 Å². The maximum atomic E-state index is 5.56. The molecular weight excluding hydrogens is 607 g/mol. The molecule has 0 unspecified atom stereocenters. The van der Waals surface area contributed by atoms with Crippen LogP contribution in [0.3, 0.4) is 0 Å². The normalized spacial score (nSPS) is 13.6. The highest BCUT2D eigenvalue weighted by atomic mass is 15.2. The number of benzene rings is 8. The molecule has 11 rings (SSSR count). The molecule has 0 N–H and O–H groups in total. The summed E-state index contributed by atoms with van der Waals surface area (Å²) in [7, 11) is 0. The first kappa shape index (κ1) is 27.6. The van der Waals surface area contributed by atoms with E-state index < -0.39 is 0 Å². The molecule has 50 heavy (non-hydrogen) atoms. The largest absolute Gasteiger partial charge is 0.277 e. The molecule has 8 aromatic carbocycles. The minimum Gasteiger partial charge on any atom is -0.277 e. The summed E-state index contributed by atoms with van der Waals surface area (Å²) in [5.41, 5.74) is 10.3. The Morgan fingerprint density at radius 1 is 0.480 bits per heavy atom. The summed E-state index contributed by atoms with van der Waals surface area (Å²) in [6, 6.07) is 55.1. The minimum atomic E-state index is -0.150. The molecule has 2 heterocycles. The summed E-state index contributed by atoms with van der Waals surface area (Å²) in [5, 5.41) is 10.8. The molecule has 0 fully saturated rings. The van der Waals surface area contributed by atoms with Crippen molar-refractivity contribution < 1.29 is 0 Å². The van der Waals surface area contributed by atoms with Crippen LogP contribution in [0.2, 0.25) is 0 Å². The Morgan fingerprint density at radius 3 is 2.08 bits per heavy atom. The molecule has 3 nitrogen and oxygen atoms in total. The van der Waals surface area contributed by atoms with Crippen LogP contribution in [0, 0.1) is 0 Å². The fourth-order valence-corrected chi connectivity index (χ4v) is 8.80. The number of fused-ring (bicyclic) bond motifs is 10. The molecule has 10 aromatic rings. The van der Waals surface area contributed by atoms with Gasteiger partial charge in [0, 0.05) is 38.1 Å². The molecule has 234 valence electrons. The molecule has 0 atom stereocenters. The van der Waals surface area contributed by atoms with Gasteiger partial charge in [-0.3, -0.25) is 4.57 Å². The molecule has 0 saturated carbocycles. The number of aromatic nitrogens is 3. The first-order valence-corrected chi connectivity index (χ1v) is 17.3. The molecule has 1 aliphatic rings. The number of hydrogen-bond donors (Lipinski definition) is 0. The number of rotatable bonds is 2. The van der Waals surface area contributed by atoms with Crippen LogP contribution in [0.4, 0.5) is 0 Å². The molecule has 0 spiro atoms. The average Bonchev–Trinajstić information content (AvgIpc) is 3.50. The Labute approximate surface area is 289 Å². The van der Waals surface area contributed by atoms with Crippen LogP contribution in [0.5, 0.6) is 0 Å². The Kier molecular flexibility index (Phi) is 5.45. The van der Waals surface area contributed by atoms with E-state index in [2.05, 4.69) is 170 Å². The summed E-state index contributed by atoms with van der Waals surface area (Å²) in [6.07, 6.45) is 0. The summed E-state index contributed by atoms with van der Waals surface area (Å²) in [5.74, 6) is 0.679. The first-order valence-electron chi connectivity index (χ1n) is 17.3. The number of para-hydroxylation sites is 1. The lowest BCUT2D eigenvalue weighted by atomic mass is 9.68. The van der Waals surface area contributed by atoms with Crippen molar-refractivity contribution in [2.24, 2.45) is 0 Å². The molecule has 2 aromatic heterocycles. The second-order valence-electron chi connectivity index (χ2n) is 14.2. The van der Waals surface area contributed by atoms with E-state index in [1.807, 2.05) is 0 Å². The van der Waals surface area contributed by atoms with Crippen molar-refractivity contribution in [3.05, 3.63) is 163 Å². The fourth-order valence-electron chi connectivity index (χ4n) is 8.80. The third-order valence-electron chi connectivity index (χ3n) is 11.1. The lowest BCUT2D eigenvalue weighted by Crippen LogP contribution is -2.23. The van der Waals surface area contributed by atoms with Crippen molar-refractivity contribution in [2.45, 2.75) is 19.3 Å². The molecule has 0 bridgehead atoms. The van der Waals surface area contributed by atoms with Gasteiger partial charge in [0.1, 0.15) is 0 Å². The second-order valence-corrected chi connectivity index (χ2v) is 14.2. The quantitative estimate of drug-likeness (QED) is 0.189. The summed E-state index contributed by atoms with van der Waals surface area (Å²) >= 11 is 0. The first-order chi connectivity index (χ1) is 24.6. The third-order valence-corrected chi connectivity index (χ3v) is 11.1. The van der Waals surface area contributed by atoms with Crippen molar-refractivity contribution in [1.29, 1.82) is 0 Å². The van der Waals surface area contributed by atoms with E-state index in [0.29, 0.717) is 5.95 Å². The van der Waals surface area contributed by atoms with E-state index in [-0.39, 0.29) is 5.41 Å². The predicted molar refractivity (Wildman–Crippen MR) is 209 cm³/mol. The van der Waals surface area contributed by atoms with Gasteiger partial charge in [-0.15, -0.1) is 0 Å². The topological polar surface area (TPSA) is 30.7 Å². The number of nitrogens with zero attached hydrogens (tertiary/aromatic N) is 3. The molecule has 1 aliphatic carbocycles. The van der Waals surface area contributed by atoms with E-state index >= 15 is 0 Å². The summed E-state index contributed by atoms with van der Waals surface area (Å²) < 4.78 is 2.38. The average molecular weight is 638 g/mol. The molecular formula is C47H31N3. The number of hydrogen-bond acceptors (Lipinski definition) is 2. The Balaban J connectivity index is 1.37. The van der Waals surface area contributed by atoms with Gasteiger partial charge in [0.25, 0.3) is 0 Å². The van der Waals surface area contributed by atoms with Crippen LogP contribution in [-0.2, 0) is 5.41 Å². The molecule has 0 radical (unpaired) electrons. The van der Waals surface area contributed by atoms with Gasteiger partial charge in [0.15, 0.2) is 0 Å².